The van der Waals surface area contributed by atoms with Crippen molar-refractivity contribution < 1.29 is 19.3 Å². The number of benzene rings is 2. The second-order valence-corrected chi connectivity index (χ2v) is 5.68. The number of allylic oxidation sites excluding steroid dienone is 1. The summed E-state index contributed by atoms with van der Waals surface area (Å²) in [4.78, 5) is 19.1. The summed E-state index contributed by atoms with van der Waals surface area (Å²) in [7, 11) is 4.34. The number of para-hydroxylation sites is 1. The first-order chi connectivity index (χ1) is 13.5. The van der Waals surface area contributed by atoms with Crippen LogP contribution in [0.2, 0.25) is 0 Å². The average molecular weight is 379 g/mol. The Balaban J connectivity index is 2.24. The fourth-order valence-corrected chi connectivity index (χ4v) is 2.79. The van der Waals surface area contributed by atoms with Crippen molar-refractivity contribution in [1.29, 1.82) is 5.26 Å². The quantitative estimate of drug-likeness (QED) is 0.517. The minimum Gasteiger partial charge on any atom is -0.506 e. The highest BCUT2D eigenvalue weighted by molar-refractivity contribution is 5.93. The Labute approximate surface area is 160 Å². The van der Waals surface area contributed by atoms with Crippen molar-refractivity contribution in [3.05, 3.63) is 58.1 Å². The largest absolute Gasteiger partial charge is 0.506 e. The maximum atomic E-state index is 12.3. The summed E-state index contributed by atoms with van der Waals surface area (Å²) in [5, 5.41) is 20.7. The van der Waals surface area contributed by atoms with Gasteiger partial charge in [0, 0.05) is 5.56 Å². The predicted molar refractivity (Wildman–Crippen MR) is 104 cm³/mol. The van der Waals surface area contributed by atoms with Crippen molar-refractivity contribution in [2.24, 2.45) is 0 Å². The van der Waals surface area contributed by atoms with E-state index in [2.05, 4.69) is 9.97 Å². The first-order valence-electron chi connectivity index (χ1n) is 8.17. The van der Waals surface area contributed by atoms with Crippen molar-refractivity contribution in [3.8, 4) is 23.3 Å². The molecule has 0 aliphatic rings. The lowest BCUT2D eigenvalue weighted by atomic mass is 10.1. The molecule has 3 aromatic rings. The molecule has 8 nitrogen and oxygen atoms in total. The van der Waals surface area contributed by atoms with Crippen LogP contribution in [0.1, 0.15) is 11.4 Å². The molecular weight excluding hydrogens is 362 g/mol. The Kier molecular flexibility index (Phi) is 5.18. The van der Waals surface area contributed by atoms with Crippen LogP contribution in [0.4, 0.5) is 0 Å². The fourth-order valence-electron chi connectivity index (χ4n) is 2.79. The maximum absolute atomic E-state index is 12.3. The van der Waals surface area contributed by atoms with E-state index in [1.54, 1.807) is 24.3 Å². The number of ether oxygens (including phenoxy) is 3. The number of aliphatic hydroxyl groups is 1. The molecule has 1 aromatic heterocycles. The molecule has 2 N–H and O–H groups in total. The Morgan fingerprint density at radius 1 is 1.11 bits per heavy atom. The van der Waals surface area contributed by atoms with Crippen LogP contribution in [0.25, 0.3) is 22.2 Å². The maximum Gasteiger partial charge on any atom is 0.259 e. The fraction of sp³-hybridized carbons (Fsp3) is 0.150. The van der Waals surface area contributed by atoms with Gasteiger partial charge in [-0.1, -0.05) is 12.1 Å². The summed E-state index contributed by atoms with van der Waals surface area (Å²) in [6, 6.07) is 11.6. The van der Waals surface area contributed by atoms with Crippen molar-refractivity contribution >= 4 is 22.2 Å². The predicted octanol–water partition coefficient (Wildman–Crippen LogP) is 2.90. The van der Waals surface area contributed by atoms with E-state index in [1.807, 2.05) is 6.07 Å². The third kappa shape index (κ3) is 3.21. The van der Waals surface area contributed by atoms with E-state index in [9.17, 15) is 15.2 Å². The summed E-state index contributed by atoms with van der Waals surface area (Å²) in [6.07, 6.45) is 0. The Morgan fingerprint density at radius 3 is 2.32 bits per heavy atom. The van der Waals surface area contributed by atoms with Gasteiger partial charge in [-0.15, -0.1) is 0 Å². The van der Waals surface area contributed by atoms with Crippen LogP contribution < -0.4 is 19.8 Å². The lowest BCUT2D eigenvalue weighted by Crippen LogP contribution is -2.11. The number of methoxy groups -OCH3 is 3. The molecule has 2 aromatic carbocycles. The molecule has 0 amide bonds. The van der Waals surface area contributed by atoms with E-state index in [0.29, 0.717) is 28.2 Å². The third-order valence-corrected chi connectivity index (χ3v) is 4.14. The molecule has 0 fully saturated rings. The molecular formula is C20H17N3O5. The van der Waals surface area contributed by atoms with Crippen molar-refractivity contribution in [1.82, 2.24) is 9.97 Å². The topological polar surface area (TPSA) is 117 Å². The molecule has 28 heavy (non-hydrogen) atoms. The van der Waals surface area contributed by atoms with Gasteiger partial charge in [-0.25, -0.2) is 4.98 Å². The zero-order valence-electron chi connectivity index (χ0n) is 15.4. The minimum atomic E-state index is -0.411. The highest BCUT2D eigenvalue weighted by atomic mass is 16.5. The number of H-pyrrole nitrogens is 1. The number of rotatable bonds is 5. The Morgan fingerprint density at radius 2 is 1.75 bits per heavy atom. The first kappa shape index (κ1) is 18.8. The molecule has 0 saturated carbocycles. The molecule has 3 rings (SSSR count). The number of nitrogens with zero attached hydrogens (tertiary/aromatic N) is 2. The van der Waals surface area contributed by atoms with Crippen LogP contribution in [0, 0.1) is 11.3 Å². The summed E-state index contributed by atoms with van der Waals surface area (Å²) < 4.78 is 15.8. The summed E-state index contributed by atoms with van der Waals surface area (Å²) >= 11 is 0. The number of hydrogen-bond acceptors (Lipinski definition) is 7. The van der Waals surface area contributed by atoms with Gasteiger partial charge in [0.2, 0.25) is 5.75 Å². The number of aliphatic hydroxyl groups excluding tert-OH is 1. The highest BCUT2D eigenvalue weighted by Gasteiger charge is 2.19. The van der Waals surface area contributed by atoms with Crippen LogP contribution >= 0.6 is 0 Å². The van der Waals surface area contributed by atoms with Gasteiger partial charge in [-0.3, -0.25) is 4.79 Å². The van der Waals surface area contributed by atoms with Crippen molar-refractivity contribution in [2.45, 2.75) is 0 Å². The molecule has 142 valence electrons. The molecule has 0 radical (unpaired) electrons. The molecule has 1 heterocycles. The van der Waals surface area contributed by atoms with Crippen LogP contribution in [0.3, 0.4) is 0 Å². The van der Waals surface area contributed by atoms with E-state index in [4.69, 9.17) is 14.2 Å². The standard InChI is InChI=1S/C20H17N3O5/c1-26-15-8-11(9-16(27-2)18(15)28-3)17(24)13(10-21)19-22-14-7-5-4-6-12(14)20(25)23-19/h4-9,24H,1-3H3,(H,22,23,25). The smallest absolute Gasteiger partial charge is 0.259 e. The summed E-state index contributed by atoms with van der Waals surface area (Å²) in [6.45, 7) is 0. The Hall–Kier alpha value is -3.99. The number of fused-ring (bicyclic) bond motifs is 1. The first-order valence-corrected chi connectivity index (χ1v) is 8.17. The van der Waals surface area contributed by atoms with Gasteiger partial charge >= 0.3 is 0 Å². The van der Waals surface area contributed by atoms with Crippen molar-refractivity contribution in [2.75, 3.05) is 21.3 Å². The minimum absolute atomic E-state index is 0.0440. The van der Waals surface area contributed by atoms with Gasteiger partial charge in [-0.2, -0.15) is 5.26 Å². The second-order valence-electron chi connectivity index (χ2n) is 5.68. The van der Waals surface area contributed by atoms with Crippen LogP contribution in [0.5, 0.6) is 17.2 Å². The highest BCUT2D eigenvalue weighted by Crippen LogP contribution is 2.40. The van der Waals surface area contributed by atoms with Gasteiger partial charge in [0.15, 0.2) is 17.3 Å². The van der Waals surface area contributed by atoms with Gasteiger partial charge in [0.25, 0.3) is 5.56 Å². The zero-order chi connectivity index (χ0) is 20.3. The van der Waals surface area contributed by atoms with Gasteiger partial charge in [0.05, 0.1) is 32.2 Å². The van der Waals surface area contributed by atoms with Crippen LogP contribution in [-0.2, 0) is 0 Å². The molecule has 0 aliphatic heterocycles. The van der Waals surface area contributed by atoms with Crippen molar-refractivity contribution in [3.63, 3.8) is 0 Å². The summed E-state index contributed by atoms with van der Waals surface area (Å²) in [5.41, 5.74) is 0.0386. The molecule has 0 atom stereocenters. The lowest BCUT2D eigenvalue weighted by molar-refractivity contribution is 0.324. The normalized spacial score (nSPS) is 11.5. The SMILES string of the molecule is COc1cc(C(O)=C(C#N)c2nc3ccccc3c(=O)[nH]2)cc(OC)c1OC. The van der Waals surface area contributed by atoms with Crippen LogP contribution in [0.15, 0.2) is 41.2 Å². The molecule has 0 spiro atoms. The van der Waals surface area contributed by atoms with E-state index in [1.165, 1.54) is 33.5 Å². The molecule has 0 unspecified atom stereocenters. The van der Waals surface area contributed by atoms with E-state index < -0.39 is 5.56 Å². The zero-order valence-corrected chi connectivity index (χ0v) is 15.4. The number of nitrogens with one attached hydrogen (secondary N) is 1. The van der Waals surface area contributed by atoms with E-state index in [-0.39, 0.29) is 22.7 Å². The number of nitriles is 1. The third-order valence-electron chi connectivity index (χ3n) is 4.14. The van der Waals surface area contributed by atoms with Crippen LogP contribution in [-0.4, -0.2) is 36.4 Å². The second kappa shape index (κ2) is 7.72. The lowest BCUT2D eigenvalue weighted by Gasteiger charge is -2.14. The van der Waals surface area contributed by atoms with Gasteiger partial charge in [-0.05, 0) is 24.3 Å². The monoisotopic (exact) mass is 379 g/mol. The molecule has 8 heteroatoms. The number of hydrogen-bond donors (Lipinski definition) is 2. The molecule has 0 aliphatic carbocycles. The van der Waals surface area contributed by atoms with Gasteiger partial charge in [0.1, 0.15) is 17.4 Å². The average Bonchev–Trinajstić information content (AvgIpc) is 2.73. The number of aromatic amines is 1. The van der Waals surface area contributed by atoms with E-state index in [0.717, 1.165) is 0 Å². The Bertz CT molecular complexity index is 1150. The summed E-state index contributed by atoms with van der Waals surface area (Å²) in [5.74, 6) is 0.524. The van der Waals surface area contributed by atoms with E-state index >= 15 is 0 Å². The molecule has 0 saturated heterocycles. The van der Waals surface area contributed by atoms with Gasteiger partial charge < -0.3 is 24.3 Å². The number of aromatic nitrogens is 2. The molecule has 0 bridgehead atoms.